The Labute approximate surface area is 507 Å². The number of carbonyl (C=O) groups excluding carboxylic acids is 2. The first-order valence-corrected chi connectivity index (χ1v) is 36.7. The average Bonchev–Trinajstić information content (AvgIpc) is 3.47. The molecule has 5 heteroatoms. The van der Waals surface area contributed by atoms with Crippen molar-refractivity contribution in [2.45, 2.75) is 412 Å². The summed E-state index contributed by atoms with van der Waals surface area (Å²) in [7, 11) is 0. The van der Waals surface area contributed by atoms with Crippen LogP contribution in [-0.4, -0.2) is 36.4 Å². The summed E-state index contributed by atoms with van der Waals surface area (Å²) < 4.78 is 10.8. The Morgan fingerprint density at radius 1 is 0.296 bits per heavy atom. The van der Waals surface area contributed by atoms with Gasteiger partial charge in [-0.25, -0.2) is 0 Å². The summed E-state index contributed by atoms with van der Waals surface area (Å²) in [5, 5.41) is 9.71. The van der Waals surface area contributed by atoms with Crippen LogP contribution < -0.4 is 0 Å². The van der Waals surface area contributed by atoms with E-state index in [1.165, 1.54) is 321 Å². The van der Waals surface area contributed by atoms with Crippen molar-refractivity contribution in [1.29, 1.82) is 0 Å². The van der Waals surface area contributed by atoms with E-state index in [0.717, 1.165) is 57.8 Å². The largest absolute Gasteiger partial charge is 0.462 e. The number of aliphatic hydroxyl groups excluding tert-OH is 1. The molecule has 0 rings (SSSR count). The SMILES string of the molecule is CC/C=C\C/C=C\C/C=C\C/C=C\CCCCCCCCCCCCCCCCCCCCCCCCC(=O)OC(CO)COC(=O)CCCCCCCCCCCCCCCCCCCCCCCCCCCCCCCCCC. The van der Waals surface area contributed by atoms with Crippen LogP contribution in [0.15, 0.2) is 48.6 Å². The predicted molar refractivity (Wildman–Crippen MR) is 357 cm³/mol. The maximum atomic E-state index is 12.4. The van der Waals surface area contributed by atoms with E-state index in [1.54, 1.807) is 0 Å². The van der Waals surface area contributed by atoms with E-state index in [2.05, 4.69) is 62.5 Å². The van der Waals surface area contributed by atoms with E-state index in [4.69, 9.17) is 9.47 Å². The highest BCUT2D eigenvalue weighted by atomic mass is 16.6. The first kappa shape index (κ1) is 78.9. The number of hydrogen-bond donors (Lipinski definition) is 1. The van der Waals surface area contributed by atoms with Crippen LogP contribution in [0.5, 0.6) is 0 Å². The summed E-state index contributed by atoms with van der Waals surface area (Å²) in [5.74, 6) is -0.564. The molecule has 476 valence electrons. The number of allylic oxidation sites excluding steroid dienone is 8. The molecule has 1 atom stereocenters. The molecule has 0 saturated carbocycles. The summed E-state index contributed by atoms with van der Waals surface area (Å²) in [6.45, 7) is 4.10. The molecule has 0 heterocycles. The van der Waals surface area contributed by atoms with Crippen LogP contribution in [0.1, 0.15) is 406 Å². The van der Waals surface area contributed by atoms with Crippen LogP contribution in [0.4, 0.5) is 0 Å². The Hall–Kier alpha value is -2.14. The lowest BCUT2D eigenvalue weighted by atomic mass is 10.0. The molecule has 0 aromatic rings. The fourth-order valence-corrected chi connectivity index (χ4v) is 11.4. The van der Waals surface area contributed by atoms with Gasteiger partial charge in [0.15, 0.2) is 6.10 Å². The minimum absolute atomic E-state index is 0.0587. The van der Waals surface area contributed by atoms with Crippen LogP contribution >= 0.6 is 0 Å². The van der Waals surface area contributed by atoms with Crippen LogP contribution in [0.2, 0.25) is 0 Å². The highest BCUT2D eigenvalue weighted by molar-refractivity contribution is 5.70. The monoisotopic (exact) mass is 1140 g/mol. The molecule has 1 unspecified atom stereocenters. The third-order valence-electron chi connectivity index (χ3n) is 16.9. The van der Waals surface area contributed by atoms with Crippen molar-refractivity contribution in [2.75, 3.05) is 13.2 Å². The number of hydrogen-bond acceptors (Lipinski definition) is 5. The second kappa shape index (κ2) is 72.1. The molecule has 0 spiro atoms. The fraction of sp³-hybridized carbons (Fsp3) is 0.868. The van der Waals surface area contributed by atoms with Gasteiger partial charge in [0.1, 0.15) is 6.61 Å². The third kappa shape index (κ3) is 70.3. The van der Waals surface area contributed by atoms with Crippen molar-refractivity contribution in [3.8, 4) is 0 Å². The molecule has 0 aliphatic rings. The van der Waals surface area contributed by atoms with Crippen molar-refractivity contribution in [2.24, 2.45) is 0 Å². The summed E-state index contributed by atoms with van der Waals surface area (Å²) in [6, 6.07) is 0. The van der Waals surface area contributed by atoms with Gasteiger partial charge in [0.25, 0.3) is 0 Å². The molecular formula is C76H142O5. The lowest BCUT2D eigenvalue weighted by Crippen LogP contribution is -2.28. The molecule has 1 N–H and O–H groups in total. The fourth-order valence-electron chi connectivity index (χ4n) is 11.4. The number of carbonyl (C=O) groups is 2. The van der Waals surface area contributed by atoms with Gasteiger partial charge < -0.3 is 14.6 Å². The van der Waals surface area contributed by atoms with Crippen LogP contribution in [0.3, 0.4) is 0 Å². The Morgan fingerprint density at radius 3 is 0.802 bits per heavy atom. The molecule has 0 bridgehead atoms. The molecule has 0 saturated heterocycles. The van der Waals surface area contributed by atoms with Gasteiger partial charge in [0.2, 0.25) is 0 Å². The van der Waals surface area contributed by atoms with E-state index >= 15 is 0 Å². The van der Waals surface area contributed by atoms with Gasteiger partial charge in [-0.3, -0.25) is 9.59 Å². The minimum Gasteiger partial charge on any atom is -0.462 e. The van der Waals surface area contributed by atoms with Crippen LogP contribution in [0.25, 0.3) is 0 Å². The molecule has 0 amide bonds. The molecule has 0 radical (unpaired) electrons. The molecule has 81 heavy (non-hydrogen) atoms. The topological polar surface area (TPSA) is 72.8 Å². The summed E-state index contributed by atoms with van der Waals surface area (Å²) in [6.07, 6.45) is 97.5. The summed E-state index contributed by atoms with van der Waals surface area (Å²) in [4.78, 5) is 24.7. The van der Waals surface area contributed by atoms with Crippen molar-refractivity contribution in [3.05, 3.63) is 48.6 Å². The van der Waals surface area contributed by atoms with E-state index in [-0.39, 0.29) is 25.2 Å². The van der Waals surface area contributed by atoms with E-state index in [9.17, 15) is 14.7 Å². The highest BCUT2D eigenvalue weighted by Gasteiger charge is 2.16. The lowest BCUT2D eigenvalue weighted by Gasteiger charge is -2.15. The van der Waals surface area contributed by atoms with E-state index in [0.29, 0.717) is 12.8 Å². The zero-order valence-electron chi connectivity index (χ0n) is 54.8. The smallest absolute Gasteiger partial charge is 0.306 e. The van der Waals surface area contributed by atoms with Crippen LogP contribution in [-0.2, 0) is 19.1 Å². The zero-order chi connectivity index (χ0) is 58.4. The van der Waals surface area contributed by atoms with Crippen molar-refractivity contribution in [1.82, 2.24) is 0 Å². The van der Waals surface area contributed by atoms with Gasteiger partial charge in [0.05, 0.1) is 6.61 Å². The van der Waals surface area contributed by atoms with Gasteiger partial charge in [-0.15, -0.1) is 0 Å². The number of rotatable bonds is 69. The predicted octanol–water partition coefficient (Wildman–Crippen LogP) is 25.5. The van der Waals surface area contributed by atoms with Gasteiger partial charge in [-0.05, 0) is 51.4 Å². The number of esters is 2. The van der Waals surface area contributed by atoms with Crippen molar-refractivity contribution < 1.29 is 24.2 Å². The maximum Gasteiger partial charge on any atom is 0.306 e. The quantitative estimate of drug-likeness (QED) is 0.0373. The first-order valence-electron chi connectivity index (χ1n) is 36.7. The normalized spacial score (nSPS) is 12.4. The van der Waals surface area contributed by atoms with Crippen molar-refractivity contribution >= 4 is 11.9 Å². The highest BCUT2D eigenvalue weighted by Crippen LogP contribution is 2.20. The van der Waals surface area contributed by atoms with Gasteiger partial charge >= 0.3 is 11.9 Å². The van der Waals surface area contributed by atoms with Gasteiger partial charge in [-0.1, -0.05) is 390 Å². The van der Waals surface area contributed by atoms with Gasteiger partial charge in [0, 0.05) is 12.8 Å². The number of unbranched alkanes of at least 4 members (excludes halogenated alkanes) is 53. The molecule has 5 nitrogen and oxygen atoms in total. The molecule has 0 fully saturated rings. The second-order valence-electron chi connectivity index (χ2n) is 25.0. The van der Waals surface area contributed by atoms with Crippen molar-refractivity contribution in [3.63, 3.8) is 0 Å². The maximum absolute atomic E-state index is 12.4. The van der Waals surface area contributed by atoms with Crippen LogP contribution in [0, 0.1) is 0 Å². The van der Waals surface area contributed by atoms with E-state index in [1.807, 2.05) is 0 Å². The Morgan fingerprint density at radius 2 is 0.531 bits per heavy atom. The number of aliphatic hydroxyl groups is 1. The molecule has 0 aliphatic heterocycles. The Bertz CT molecular complexity index is 1330. The van der Waals surface area contributed by atoms with E-state index < -0.39 is 6.10 Å². The molecule has 0 aromatic heterocycles. The summed E-state index contributed by atoms with van der Waals surface area (Å²) >= 11 is 0. The zero-order valence-corrected chi connectivity index (χ0v) is 54.8. The molecular weight excluding hydrogens is 993 g/mol. The Balaban J connectivity index is 3.37. The lowest BCUT2D eigenvalue weighted by molar-refractivity contribution is -0.161. The minimum atomic E-state index is -0.770. The standard InChI is InChI=1S/C76H142O5/c1-3-5-7-9-11-13-15-17-19-21-23-25-27-29-31-33-35-37-38-39-41-43-45-47-49-51-53-55-57-59-61-63-65-67-69-71-76(79)81-74(72-77)73-80-75(78)70-68-66-64-62-60-58-56-54-52-50-48-46-44-42-40-36-34-32-30-28-26-24-22-20-18-16-14-12-10-8-6-4-2/h5,7,11,13,17,19,23,25,74,77H,3-4,6,8-10,12,14-16,18,20-22,24,26-73H2,1-2H3/b7-5-,13-11-,19-17-,25-23-. The average molecular weight is 1140 g/mol. The molecule has 0 aromatic carbocycles. The second-order valence-corrected chi connectivity index (χ2v) is 25.0. The summed E-state index contributed by atoms with van der Waals surface area (Å²) in [5.41, 5.74) is 0. The first-order chi connectivity index (χ1) is 40.1. The number of ether oxygens (including phenoxy) is 2. The van der Waals surface area contributed by atoms with Gasteiger partial charge in [-0.2, -0.15) is 0 Å². The Kier molecular flexibility index (Phi) is 70.2. The molecule has 0 aliphatic carbocycles. The third-order valence-corrected chi connectivity index (χ3v) is 16.9.